The van der Waals surface area contributed by atoms with Gasteiger partial charge in [-0.3, -0.25) is 14.6 Å². The van der Waals surface area contributed by atoms with Crippen molar-refractivity contribution in [3.63, 3.8) is 0 Å². The van der Waals surface area contributed by atoms with Gasteiger partial charge < -0.3 is 35.1 Å². The number of imidazole rings is 1. The summed E-state index contributed by atoms with van der Waals surface area (Å²) in [5.41, 5.74) is 5.04. The van der Waals surface area contributed by atoms with Crippen LogP contribution in [-0.2, 0) is 20.7 Å². The zero-order valence-corrected chi connectivity index (χ0v) is 25.0. The Morgan fingerprint density at radius 3 is 2.59 bits per heavy atom. The predicted molar refractivity (Wildman–Crippen MR) is 171 cm³/mol. The van der Waals surface area contributed by atoms with Gasteiger partial charge in [0.2, 0.25) is 11.8 Å². The first-order chi connectivity index (χ1) is 21.4. The molecular formula is C32H37N9O3. The standard InChI is InChI=1S/C32H37N9O3/c1-39(2)13-3-4-28(42)36-25-20-41(21-25)26-9-11-33-24(18-26)19-29(43)35-23-7-5-22(6-8-23)31-37-27-10-12-34-32(30(27)38-31)40-14-16-44-17-15-40/h3-12,18,25H,13-17,19-21H2,1-2H3,(H,35,43)(H,36,42)(H,37,38)/b4-3+. The fourth-order valence-corrected chi connectivity index (χ4v) is 5.31. The van der Waals surface area contributed by atoms with Crippen molar-refractivity contribution in [3.05, 3.63) is 72.7 Å². The first-order valence-corrected chi connectivity index (χ1v) is 14.8. The lowest BCUT2D eigenvalue weighted by Gasteiger charge is -2.41. The van der Waals surface area contributed by atoms with E-state index in [1.165, 1.54) is 0 Å². The van der Waals surface area contributed by atoms with Crippen LogP contribution in [0.1, 0.15) is 5.69 Å². The molecule has 2 fully saturated rings. The van der Waals surface area contributed by atoms with Gasteiger partial charge in [-0.05, 0) is 56.6 Å². The third-order valence-electron chi connectivity index (χ3n) is 7.61. The Hall–Kier alpha value is -4.81. The topological polar surface area (TPSA) is 132 Å². The molecular weight excluding hydrogens is 558 g/mol. The second-order valence-corrected chi connectivity index (χ2v) is 11.3. The molecule has 2 aliphatic rings. The number of ether oxygens (including phenoxy) is 1. The highest BCUT2D eigenvalue weighted by molar-refractivity contribution is 5.93. The Kier molecular flexibility index (Phi) is 8.80. The van der Waals surface area contributed by atoms with E-state index in [1.807, 2.05) is 67.5 Å². The number of pyridine rings is 2. The van der Waals surface area contributed by atoms with Crippen LogP contribution in [-0.4, -0.2) is 103 Å². The van der Waals surface area contributed by atoms with Crippen LogP contribution in [0.4, 0.5) is 17.2 Å². The molecule has 0 radical (unpaired) electrons. The van der Waals surface area contributed by atoms with Gasteiger partial charge in [0.05, 0.1) is 36.9 Å². The van der Waals surface area contributed by atoms with E-state index in [4.69, 9.17) is 9.72 Å². The molecule has 3 aromatic heterocycles. The minimum absolute atomic E-state index is 0.0792. The molecule has 0 unspecified atom stereocenters. The predicted octanol–water partition coefficient (Wildman–Crippen LogP) is 2.46. The summed E-state index contributed by atoms with van der Waals surface area (Å²) in [7, 11) is 3.92. The van der Waals surface area contributed by atoms with E-state index in [2.05, 4.69) is 35.4 Å². The zero-order valence-electron chi connectivity index (χ0n) is 25.0. The highest BCUT2D eigenvalue weighted by Crippen LogP contribution is 2.28. The number of morpholine rings is 1. The Balaban J connectivity index is 1.02. The maximum absolute atomic E-state index is 12.8. The fraction of sp³-hybridized carbons (Fsp3) is 0.344. The number of aromatic amines is 1. The van der Waals surface area contributed by atoms with Crippen LogP contribution in [0.25, 0.3) is 22.4 Å². The Morgan fingerprint density at radius 2 is 1.82 bits per heavy atom. The van der Waals surface area contributed by atoms with Gasteiger partial charge in [-0.2, -0.15) is 0 Å². The molecule has 0 spiro atoms. The third-order valence-corrected chi connectivity index (χ3v) is 7.61. The summed E-state index contributed by atoms with van der Waals surface area (Å²) >= 11 is 0. The van der Waals surface area contributed by atoms with E-state index in [9.17, 15) is 9.59 Å². The van der Waals surface area contributed by atoms with E-state index < -0.39 is 0 Å². The molecule has 12 heteroatoms. The summed E-state index contributed by atoms with van der Waals surface area (Å²) in [6.07, 6.45) is 7.10. The zero-order chi connectivity index (χ0) is 30.5. The summed E-state index contributed by atoms with van der Waals surface area (Å²) in [5, 5.41) is 5.99. The summed E-state index contributed by atoms with van der Waals surface area (Å²) in [6.45, 7) is 5.09. The third kappa shape index (κ3) is 7.04. The summed E-state index contributed by atoms with van der Waals surface area (Å²) in [4.78, 5) is 48.5. The van der Waals surface area contributed by atoms with Crippen molar-refractivity contribution < 1.29 is 14.3 Å². The van der Waals surface area contributed by atoms with Crippen molar-refractivity contribution in [1.29, 1.82) is 0 Å². The summed E-state index contributed by atoms with van der Waals surface area (Å²) < 4.78 is 5.48. The van der Waals surface area contributed by atoms with Crippen LogP contribution < -0.4 is 20.4 Å². The highest BCUT2D eigenvalue weighted by atomic mass is 16.5. The normalized spacial score (nSPS) is 15.6. The van der Waals surface area contributed by atoms with Crippen molar-refractivity contribution in [2.45, 2.75) is 12.5 Å². The Morgan fingerprint density at radius 1 is 1.05 bits per heavy atom. The van der Waals surface area contributed by atoms with Crippen LogP contribution in [0, 0.1) is 0 Å². The number of carbonyl (C=O) groups excluding carboxylic acids is 2. The van der Waals surface area contributed by atoms with E-state index in [0.717, 1.165) is 53.6 Å². The SMILES string of the molecule is CN(C)C/C=C/C(=O)NC1CN(c2ccnc(CC(=O)Nc3ccc(-c4nc5c(N6CCOCC6)nccc5[nH]4)cc3)c2)C1. The van der Waals surface area contributed by atoms with Crippen LogP contribution in [0.5, 0.6) is 0 Å². The molecule has 12 nitrogen and oxygen atoms in total. The first-order valence-electron chi connectivity index (χ1n) is 14.8. The second-order valence-electron chi connectivity index (χ2n) is 11.3. The summed E-state index contributed by atoms with van der Waals surface area (Å²) in [6, 6.07) is 13.5. The quantitative estimate of drug-likeness (QED) is 0.237. The first kappa shape index (κ1) is 29.3. The van der Waals surface area contributed by atoms with E-state index >= 15 is 0 Å². The molecule has 0 atom stereocenters. The molecule has 4 aromatic rings. The fourth-order valence-electron chi connectivity index (χ4n) is 5.31. The van der Waals surface area contributed by atoms with Gasteiger partial charge in [0, 0.05) is 68.1 Å². The number of H-pyrrole nitrogens is 1. The summed E-state index contributed by atoms with van der Waals surface area (Å²) in [5.74, 6) is 1.38. The maximum Gasteiger partial charge on any atom is 0.244 e. The van der Waals surface area contributed by atoms with Gasteiger partial charge in [-0.1, -0.05) is 6.08 Å². The van der Waals surface area contributed by atoms with E-state index in [0.29, 0.717) is 37.7 Å². The second kappa shape index (κ2) is 13.2. The van der Waals surface area contributed by atoms with Gasteiger partial charge in [0.25, 0.3) is 0 Å². The molecule has 1 aromatic carbocycles. The lowest BCUT2D eigenvalue weighted by molar-refractivity contribution is -0.117. The number of anilines is 3. The molecule has 228 valence electrons. The van der Waals surface area contributed by atoms with Gasteiger partial charge in [0.15, 0.2) is 5.82 Å². The number of aromatic nitrogens is 4. The lowest BCUT2D eigenvalue weighted by Crippen LogP contribution is -2.59. The smallest absolute Gasteiger partial charge is 0.244 e. The van der Waals surface area contributed by atoms with Crippen LogP contribution in [0.3, 0.4) is 0 Å². The number of nitrogens with zero attached hydrogens (tertiary/aromatic N) is 6. The highest BCUT2D eigenvalue weighted by Gasteiger charge is 2.28. The maximum atomic E-state index is 12.8. The number of nitrogens with one attached hydrogen (secondary N) is 3. The number of carbonyl (C=O) groups is 2. The Labute approximate surface area is 256 Å². The van der Waals surface area contributed by atoms with Crippen molar-refractivity contribution in [1.82, 2.24) is 30.2 Å². The minimum atomic E-state index is -0.148. The number of benzene rings is 1. The molecule has 2 aliphatic heterocycles. The minimum Gasteiger partial charge on any atom is -0.378 e. The monoisotopic (exact) mass is 595 g/mol. The molecule has 6 rings (SSSR count). The van der Waals surface area contributed by atoms with Crippen LogP contribution in [0.15, 0.2) is 67.0 Å². The average molecular weight is 596 g/mol. The number of hydrogen-bond donors (Lipinski definition) is 3. The van der Waals surface area contributed by atoms with Gasteiger partial charge in [-0.25, -0.2) is 9.97 Å². The van der Waals surface area contributed by atoms with Crippen molar-refractivity contribution in [3.8, 4) is 11.4 Å². The Bertz CT molecular complexity index is 1640. The number of hydrogen-bond acceptors (Lipinski definition) is 9. The average Bonchev–Trinajstić information content (AvgIpc) is 3.44. The van der Waals surface area contributed by atoms with Crippen molar-refractivity contribution >= 4 is 40.0 Å². The van der Waals surface area contributed by atoms with Crippen molar-refractivity contribution in [2.24, 2.45) is 0 Å². The molecule has 0 saturated carbocycles. The molecule has 0 bridgehead atoms. The lowest BCUT2D eigenvalue weighted by atomic mass is 10.1. The van der Waals surface area contributed by atoms with E-state index in [1.54, 1.807) is 18.5 Å². The number of rotatable bonds is 10. The molecule has 5 heterocycles. The van der Waals surface area contributed by atoms with E-state index in [-0.39, 0.29) is 24.3 Å². The number of amides is 2. The van der Waals surface area contributed by atoms with Crippen molar-refractivity contribution in [2.75, 3.05) is 75.1 Å². The van der Waals surface area contributed by atoms with Gasteiger partial charge in [-0.15, -0.1) is 0 Å². The number of fused-ring (bicyclic) bond motifs is 1. The number of likely N-dealkylation sites (N-methyl/N-ethyl adjacent to an activating group) is 1. The van der Waals surface area contributed by atoms with Gasteiger partial charge in [0.1, 0.15) is 11.3 Å². The molecule has 2 amide bonds. The largest absolute Gasteiger partial charge is 0.378 e. The molecule has 3 N–H and O–H groups in total. The molecule has 44 heavy (non-hydrogen) atoms. The van der Waals surface area contributed by atoms with Crippen LogP contribution >= 0.6 is 0 Å². The van der Waals surface area contributed by atoms with Gasteiger partial charge >= 0.3 is 0 Å². The molecule has 0 aliphatic carbocycles. The van der Waals surface area contributed by atoms with Crippen LogP contribution in [0.2, 0.25) is 0 Å². The molecule has 2 saturated heterocycles.